The van der Waals surface area contributed by atoms with Gasteiger partial charge in [0.2, 0.25) is 5.91 Å². The van der Waals surface area contributed by atoms with Crippen LogP contribution in [0.2, 0.25) is 5.02 Å². The lowest BCUT2D eigenvalue weighted by atomic mass is 10.2. The van der Waals surface area contributed by atoms with Crippen LogP contribution in [0.1, 0.15) is 46.0 Å². The van der Waals surface area contributed by atoms with E-state index in [1.165, 1.54) is 24.6 Å². The Morgan fingerprint density at radius 3 is 2.70 bits per heavy atom. The molecule has 30 heavy (non-hydrogen) atoms. The number of aromatic nitrogens is 2. The monoisotopic (exact) mass is 451 g/mol. The van der Waals surface area contributed by atoms with Crippen LogP contribution in [0.4, 0.5) is 0 Å². The van der Waals surface area contributed by atoms with Crippen LogP contribution >= 0.6 is 23.4 Å². The van der Waals surface area contributed by atoms with E-state index in [0.717, 1.165) is 25.9 Å². The maximum Gasteiger partial charge on any atom is 0.262 e. The number of thioether (sulfide) groups is 1. The van der Waals surface area contributed by atoms with Gasteiger partial charge in [-0.3, -0.25) is 14.2 Å². The molecule has 164 valence electrons. The van der Waals surface area contributed by atoms with Gasteiger partial charge in [-0.05, 0) is 51.3 Å². The van der Waals surface area contributed by atoms with Gasteiger partial charge < -0.3 is 9.64 Å². The fraction of sp³-hybridized carbons (Fsp3) is 0.591. The SMILES string of the molecule is CCOCCCn1c(SC(C)C(=O)N2CCCCCC2)nc2cc(Cl)ccc2c1=O. The van der Waals surface area contributed by atoms with Gasteiger partial charge in [-0.1, -0.05) is 36.2 Å². The second-order valence-corrected chi connectivity index (χ2v) is 9.31. The number of benzene rings is 1. The van der Waals surface area contributed by atoms with Crippen molar-refractivity contribution in [1.29, 1.82) is 0 Å². The predicted molar refractivity (Wildman–Crippen MR) is 122 cm³/mol. The molecule has 1 atom stereocenters. The predicted octanol–water partition coefficient (Wildman–Crippen LogP) is 4.36. The molecule has 6 nitrogen and oxygen atoms in total. The summed E-state index contributed by atoms with van der Waals surface area (Å²) in [7, 11) is 0. The van der Waals surface area contributed by atoms with Crippen LogP contribution in [0.5, 0.6) is 0 Å². The topological polar surface area (TPSA) is 64.4 Å². The lowest BCUT2D eigenvalue weighted by molar-refractivity contribution is -0.130. The molecule has 2 heterocycles. The molecule has 0 saturated carbocycles. The van der Waals surface area contributed by atoms with Crippen LogP contribution in [0, 0.1) is 0 Å². The number of halogens is 1. The maximum absolute atomic E-state index is 13.2. The van der Waals surface area contributed by atoms with E-state index in [2.05, 4.69) is 0 Å². The van der Waals surface area contributed by atoms with Gasteiger partial charge >= 0.3 is 0 Å². The van der Waals surface area contributed by atoms with Crippen molar-refractivity contribution in [1.82, 2.24) is 14.5 Å². The molecule has 0 spiro atoms. The summed E-state index contributed by atoms with van der Waals surface area (Å²) >= 11 is 7.48. The Balaban J connectivity index is 1.87. The van der Waals surface area contributed by atoms with Crippen LogP contribution in [0.25, 0.3) is 10.9 Å². The zero-order valence-electron chi connectivity index (χ0n) is 17.7. The molecule has 1 unspecified atom stereocenters. The van der Waals surface area contributed by atoms with Gasteiger partial charge in [0.1, 0.15) is 0 Å². The second-order valence-electron chi connectivity index (χ2n) is 7.56. The van der Waals surface area contributed by atoms with Crippen LogP contribution in [-0.2, 0) is 16.1 Å². The molecule has 0 N–H and O–H groups in total. The third kappa shape index (κ3) is 5.77. The number of carbonyl (C=O) groups excluding carboxylic acids is 1. The fourth-order valence-corrected chi connectivity index (χ4v) is 4.87. The summed E-state index contributed by atoms with van der Waals surface area (Å²) in [6, 6.07) is 5.12. The number of amides is 1. The number of carbonyl (C=O) groups is 1. The van der Waals surface area contributed by atoms with E-state index in [9.17, 15) is 9.59 Å². The summed E-state index contributed by atoms with van der Waals surface area (Å²) in [5, 5.41) is 1.31. The van der Waals surface area contributed by atoms with Crippen LogP contribution < -0.4 is 5.56 Å². The van der Waals surface area contributed by atoms with Crippen LogP contribution in [0.3, 0.4) is 0 Å². The Hall–Kier alpha value is -1.57. The van der Waals surface area contributed by atoms with Gasteiger partial charge in [0.15, 0.2) is 5.16 Å². The fourth-order valence-electron chi connectivity index (χ4n) is 3.69. The minimum Gasteiger partial charge on any atom is -0.382 e. The van der Waals surface area contributed by atoms with E-state index in [0.29, 0.717) is 47.3 Å². The first-order valence-electron chi connectivity index (χ1n) is 10.7. The average Bonchev–Trinajstić information content (AvgIpc) is 3.01. The molecule has 3 rings (SSSR count). The van der Waals surface area contributed by atoms with Gasteiger partial charge in [0.05, 0.1) is 16.2 Å². The normalized spacial score (nSPS) is 15.9. The minimum atomic E-state index is -0.315. The van der Waals surface area contributed by atoms with E-state index in [1.54, 1.807) is 22.8 Å². The molecule has 1 aromatic carbocycles. The second kappa shape index (κ2) is 11.2. The molecule has 1 aromatic heterocycles. The Kier molecular flexibility index (Phi) is 8.60. The largest absolute Gasteiger partial charge is 0.382 e. The third-order valence-electron chi connectivity index (χ3n) is 5.30. The zero-order valence-corrected chi connectivity index (χ0v) is 19.3. The summed E-state index contributed by atoms with van der Waals surface area (Å²) in [5.74, 6) is 0.114. The van der Waals surface area contributed by atoms with Crippen molar-refractivity contribution in [3.63, 3.8) is 0 Å². The Morgan fingerprint density at radius 1 is 1.27 bits per heavy atom. The molecule has 1 aliphatic heterocycles. The Morgan fingerprint density at radius 2 is 2.00 bits per heavy atom. The van der Waals surface area contributed by atoms with Crippen molar-refractivity contribution < 1.29 is 9.53 Å². The lowest BCUT2D eigenvalue weighted by Gasteiger charge is -2.24. The van der Waals surface area contributed by atoms with E-state index >= 15 is 0 Å². The summed E-state index contributed by atoms with van der Waals surface area (Å²) in [5.41, 5.74) is 0.454. The highest BCUT2D eigenvalue weighted by Gasteiger charge is 2.24. The smallest absolute Gasteiger partial charge is 0.262 e. The first kappa shape index (κ1) is 23.1. The summed E-state index contributed by atoms with van der Waals surface area (Å²) in [6.45, 7) is 7.19. The third-order valence-corrected chi connectivity index (χ3v) is 6.62. The number of hydrogen-bond donors (Lipinski definition) is 0. The number of ether oxygens (including phenoxy) is 1. The zero-order chi connectivity index (χ0) is 21.5. The first-order valence-corrected chi connectivity index (χ1v) is 12.0. The number of nitrogens with zero attached hydrogens (tertiary/aromatic N) is 3. The van der Waals surface area contributed by atoms with Crippen molar-refractivity contribution in [2.75, 3.05) is 26.3 Å². The number of rotatable bonds is 8. The van der Waals surface area contributed by atoms with Gasteiger partial charge in [-0.25, -0.2) is 4.98 Å². The van der Waals surface area contributed by atoms with Crippen molar-refractivity contribution in [3.8, 4) is 0 Å². The highest BCUT2D eigenvalue weighted by atomic mass is 35.5. The summed E-state index contributed by atoms with van der Waals surface area (Å²) in [4.78, 5) is 32.8. The Bertz CT molecular complexity index is 926. The molecule has 0 radical (unpaired) electrons. The average molecular weight is 452 g/mol. The molecule has 0 aliphatic carbocycles. The van der Waals surface area contributed by atoms with E-state index in [-0.39, 0.29) is 16.7 Å². The highest BCUT2D eigenvalue weighted by molar-refractivity contribution is 8.00. The molecule has 1 aliphatic rings. The van der Waals surface area contributed by atoms with Crippen LogP contribution in [-0.4, -0.2) is 51.9 Å². The van der Waals surface area contributed by atoms with Crippen molar-refractivity contribution in [3.05, 3.63) is 33.6 Å². The lowest BCUT2D eigenvalue weighted by Crippen LogP contribution is -2.37. The molecule has 1 saturated heterocycles. The van der Waals surface area contributed by atoms with Gasteiger partial charge in [-0.15, -0.1) is 0 Å². The Labute approximate surface area is 186 Å². The highest BCUT2D eigenvalue weighted by Crippen LogP contribution is 2.26. The summed E-state index contributed by atoms with van der Waals surface area (Å²) in [6.07, 6.45) is 5.17. The van der Waals surface area contributed by atoms with Crippen molar-refractivity contribution in [2.24, 2.45) is 0 Å². The molecule has 8 heteroatoms. The van der Waals surface area contributed by atoms with Crippen molar-refractivity contribution in [2.45, 2.75) is 62.9 Å². The van der Waals surface area contributed by atoms with E-state index in [4.69, 9.17) is 21.3 Å². The van der Waals surface area contributed by atoms with Gasteiger partial charge in [0.25, 0.3) is 5.56 Å². The molecular formula is C22H30ClN3O3S. The van der Waals surface area contributed by atoms with Gasteiger partial charge in [-0.2, -0.15) is 0 Å². The molecule has 2 aromatic rings. The maximum atomic E-state index is 13.2. The van der Waals surface area contributed by atoms with Gasteiger partial charge in [0, 0.05) is 37.9 Å². The van der Waals surface area contributed by atoms with E-state index in [1.807, 2.05) is 18.7 Å². The van der Waals surface area contributed by atoms with E-state index < -0.39 is 0 Å². The summed E-state index contributed by atoms with van der Waals surface area (Å²) < 4.78 is 7.10. The molecule has 0 bridgehead atoms. The first-order chi connectivity index (χ1) is 14.5. The molecule has 1 amide bonds. The number of hydrogen-bond acceptors (Lipinski definition) is 5. The molecule has 1 fully saturated rings. The molecular weight excluding hydrogens is 422 g/mol. The minimum absolute atomic E-state index is 0.106. The standard InChI is InChI=1S/C22H30ClN3O3S/c1-3-29-14-8-13-26-21(28)18-10-9-17(23)15-19(18)24-22(26)30-16(2)20(27)25-11-6-4-5-7-12-25/h9-10,15-16H,3-8,11-14H2,1-2H3. The quantitative estimate of drug-likeness (QED) is 0.339. The number of likely N-dealkylation sites (tertiary alicyclic amines) is 1. The number of fused-ring (bicyclic) bond motifs is 1. The van der Waals surface area contributed by atoms with Crippen molar-refractivity contribution >= 4 is 40.2 Å². The van der Waals surface area contributed by atoms with Crippen LogP contribution in [0.15, 0.2) is 28.2 Å².